The van der Waals surface area contributed by atoms with Crippen molar-refractivity contribution in [3.8, 4) is 0 Å². The van der Waals surface area contributed by atoms with Crippen molar-refractivity contribution >= 4 is 40.7 Å². The number of para-hydroxylation sites is 1. The van der Waals surface area contributed by atoms with E-state index < -0.39 is 0 Å². The third kappa shape index (κ3) is 3.12. The maximum atomic E-state index is 6.82. The van der Waals surface area contributed by atoms with E-state index >= 15 is 0 Å². The largest absolute Gasteiger partial charge is 0.314 e. The second kappa shape index (κ2) is 7.48. The second-order valence-corrected chi connectivity index (χ2v) is 8.97. The van der Waals surface area contributed by atoms with E-state index in [-0.39, 0.29) is 11.7 Å². The fourth-order valence-electron chi connectivity index (χ4n) is 3.87. The van der Waals surface area contributed by atoms with E-state index in [0.29, 0.717) is 0 Å². The smallest absolute Gasteiger partial charge is 0.136 e. The molecule has 0 fully saturated rings. The van der Waals surface area contributed by atoms with Gasteiger partial charge < -0.3 is 21.3 Å². The number of amidine groups is 1. The Hall–Kier alpha value is -1.93. The molecule has 2 unspecified atom stereocenters. The minimum absolute atomic E-state index is 0.244. The van der Waals surface area contributed by atoms with Crippen molar-refractivity contribution in [2.45, 2.75) is 37.3 Å². The first kappa shape index (κ1) is 19.4. The molecule has 7 heteroatoms. The Morgan fingerprint density at radius 2 is 1.61 bits per heavy atom. The van der Waals surface area contributed by atoms with Crippen LogP contribution in [0.4, 0.5) is 11.4 Å². The quantitative estimate of drug-likeness (QED) is 0.737. The Morgan fingerprint density at radius 1 is 0.964 bits per heavy atom. The Morgan fingerprint density at radius 3 is 2.21 bits per heavy atom. The SMILES string of the molecule is CSc1ccc(N2C(C)=NC3=C(C2N)N(c2c(C)cccc2C)C(N)S3)cc1. The van der Waals surface area contributed by atoms with Gasteiger partial charge in [0.05, 0.1) is 5.70 Å². The molecule has 0 radical (unpaired) electrons. The number of rotatable bonds is 3. The average molecular weight is 412 g/mol. The second-order valence-electron chi connectivity index (χ2n) is 6.98. The molecule has 2 aliphatic heterocycles. The monoisotopic (exact) mass is 411 g/mol. The van der Waals surface area contributed by atoms with Crippen molar-refractivity contribution in [2.24, 2.45) is 16.5 Å². The van der Waals surface area contributed by atoms with E-state index in [1.165, 1.54) is 16.0 Å². The molecular weight excluding hydrogens is 386 g/mol. The van der Waals surface area contributed by atoms with Crippen LogP contribution in [0.3, 0.4) is 0 Å². The van der Waals surface area contributed by atoms with Crippen molar-refractivity contribution in [1.29, 1.82) is 0 Å². The molecule has 5 nitrogen and oxygen atoms in total. The van der Waals surface area contributed by atoms with E-state index in [1.807, 2.05) is 6.92 Å². The van der Waals surface area contributed by atoms with E-state index in [1.54, 1.807) is 23.5 Å². The highest BCUT2D eigenvalue weighted by atomic mass is 32.2. The van der Waals surface area contributed by atoms with Crippen molar-refractivity contribution in [3.05, 3.63) is 64.3 Å². The Labute approximate surface area is 174 Å². The summed E-state index contributed by atoms with van der Waals surface area (Å²) < 4.78 is 0. The van der Waals surface area contributed by atoms with Crippen LogP contribution in [0.2, 0.25) is 0 Å². The Bertz CT molecular complexity index is 947. The number of thioether (sulfide) groups is 2. The number of aryl methyl sites for hydroxylation is 2. The predicted molar refractivity (Wildman–Crippen MR) is 123 cm³/mol. The third-order valence-electron chi connectivity index (χ3n) is 5.17. The summed E-state index contributed by atoms with van der Waals surface area (Å²) in [7, 11) is 0. The first-order chi connectivity index (χ1) is 13.4. The summed E-state index contributed by atoms with van der Waals surface area (Å²) in [6, 6.07) is 14.7. The van der Waals surface area contributed by atoms with E-state index in [4.69, 9.17) is 16.5 Å². The molecule has 0 aliphatic carbocycles. The molecule has 2 atom stereocenters. The van der Waals surface area contributed by atoms with E-state index in [9.17, 15) is 0 Å². The molecule has 4 N–H and O–H groups in total. The molecule has 0 bridgehead atoms. The van der Waals surface area contributed by atoms with Gasteiger partial charge in [0.25, 0.3) is 0 Å². The molecule has 2 aliphatic rings. The molecule has 0 saturated carbocycles. The van der Waals surface area contributed by atoms with Gasteiger partial charge in [-0.25, -0.2) is 4.99 Å². The highest BCUT2D eigenvalue weighted by Crippen LogP contribution is 2.45. The van der Waals surface area contributed by atoms with Crippen LogP contribution in [0.15, 0.2) is 63.1 Å². The van der Waals surface area contributed by atoms with Crippen LogP contribution < -0.4 is 21.3 Å². The van der Waals surface area contributed by atoms with Crippen LogP contribution in [-0.2, 0) is 0 Å². The minimum atomic E-state index is -0.354. The summed E-state index contributed by atoms with van der Waals surface area (Å²) >= 11 is 3.29. The molecule has 0 saturated heterocycles. The molecule has 0 aromatic heterocycles. The third-order valence-corrected chi connectivity index (χ3v) is 6.89. The van der Waals surface area contributed by atoms with Crippen molar-refractivity contribution in [3.63, 3.8) is 0 Å². The molecule has 4 rings (SSSR count). The maximum absolute atomic E-state index is 6.82. The predicted octanol–water partition coefficient (Wildman–Crippen LogP) is 4.21. The van der Waals surface area contributed by atoms with Crippen LogP contribution in [0.5, 0.6) is 0 Å². The molecule has 2 aromatic rings. The van der Waals surface area contributed by atoms with Crippen LogP contribution in [0.1, 0.15) is 18.1 Å². The summed E-state index contributed by atoms with van der Waals surface area (Å²) in [6.45, 7) is 6.22. The summed E-state index contributed by atoms with van der Waals surface area (Å²) in [6.07, 6.45) is 1.72. The number of nitrogens with zero attached hydrogens (tertiary/aromatic N) is 3. The topological polar surface area (TPSA) is 70.9 Å². The minimum Gasteiger partial charge on any atom is -0.314 e. The molecule has 146 valence electrons. The van der Waals surface area contributed by atoms with Gasteiger partial charge in [-0.15, -0.1) is 11.8 Å². The Kier molecular flexibility index (Phi) is 5.18. The standard InChI is InChI=1S/C21H25N5S2/c1-12-6-5-7-13(2)17(12)26-18-19(22)25(14(3)24-20(18)28-21(26)23)15-8-10-16(27-4)11-9-15/h5-11,19,21H,22-23H2,1-4H3. The van der Waals surface area contributed by atoms with Crippen LogP contribution in [-0.4, -0.2) is 23.8 Å². The van der Waals surface area contributed by atoms with Crippen molar-refractivity contribution in [2.75, 3.05) is 16.1 Å². The van der Waals surface area contributed by atoms with Crippen LogP contribution in [0, 0.1) is 13.8 Å². The van der Waals surface area contributed by atoms with Crippen LogP contribution >= 0.6 is 23.5 Å². The summed E-state index contributed by atoms with van der Waals surface area (Å²) in [5, 5.41) is 0.914. The first-order valence-electron chi connectivity index (χ1n) is 9.18. The van der Waals surface area contributed by atoms with Crippen molar-refractivity contribution < 1.29 is 0 Å². The number of aliphatic imine (C=N–C) groups is 1. The highest BCUT2D eigenvalue weighted by Gasteiger charge is 2.41. The van der Waals surface area contributed by atoms with E-state index in [0.717, 1.165) is 27.9 Å². The summed E-state index contributed by atoms with van der Waals surface area (Å²) in [5.74, 6) is 0.881. The lowest BCUT2D eigenvalue weighted by Gasteiger charge is -2.39. The zero-order valence-electron chi connectivity index (χ0n) is 16.5. The summed E-state index contributed by atoms with van der Waals surface area (Å²) in [5.41, 5.74) is 18.6. The lowest BCUT2D eigenvalue weighted by atomic mass is 10.1. The van der Waals surface area contributed by atoms with Gasteiger partial charge in [-0.2, -0.15) is 0 Å². The number of hydrogen-bond donors (Lipinski definition) is 2. The van der Waals surface area contributed by atoms with Gasteiger partial charge in [-0.1, -0.05) is 30.0 Å². The lowest BCUT2D eigenvalue weighted by molar-refractivity contribution is 0.714. The van der Waals surface area contributed by atoms with E-state index in [2.05, 4.69) is 72.4 Å². The zero-order valence-corrected chi connectivity index (χ0v) is 18.1. The maximum Gasteiger partial charge on any atom is 0.136 e. The van der Waals surface area contributed by atoms with Gasteiger partial charge in [0, 0.05) is 16.3 Å². The fourth-order valence-corrected chi connectivity index (χ4v) is 5.35. The molecule has 2 heterocycles. The first-order valence-corrected chi connectivity index (χ1v) is 11.3. The van der Waals surface area contributed by atoms with Gasteiger partial charge in [0.15, 0.2) is 0 Å². The molecule has 0 amide bonds. The van der Waals surface area contributed by atoms with Gasteiger partial charge in [0.2, 0.25) is 0 Å². The average Bonchev–Trinajstić information content (AvgIpc) is 2.98. The lowest BCUT2D eigenvalue weighted by Crippen LogP contribution is -2.53. The number of benzene rings is 2. The summed E-state index contributed by atoms with van der Waals surface area (Å²) in [4.78, 5) is 10.3. The van der Waals surface area contributed by atoms with Gasteiger partial charge in [-0.05, 0) is 62.4 Å². The number of anilines is 2. The Balaban J connectivity index is 1.78. The van der Waals surface area contributed by atoms with Crippen molar-refractivity contribution in [1.82, 2.24) is 0 Å². The normalized spacial score (nSPS) is 21.9. The molecular formula is C21H25N5S2. The van der Waals surface area contributed by atoms with Crippen LogP contribution in [0.25, 0.3) is 0 Å². The fraction of sp³-hybridized carbons (Fsp3) is 0.286. The number of nitrogens with two attached hydrogens (primary N) is 2. The van der Waals surface area contributed by atoms with Gasteiger partial charge in [0.1, 0.15) is 22.5 Å². The molecule has 2 aromatic carbocycles. The van der Waals surface area contributed by atoms with Gasteiger partial charge in [-0.3, -0.25) is 0 Å². The molecule has 28 heavy (non-hydrogen) atoms. The zero-order chi connectivity index (χ0) is 20.0. The number of hydrogen-bond acceptors (Lipinski definition) is 7. The highest BCUT2D eigenvalue weighted by molar-refractivity contribution is 8.04. The van der Waals surface area contributed by atoms with Gasteiger partial charge >= 0.3 is 0 Å². The molecule has 0 spiro atoms.